The highest BCUT2D eigenvalue weighted by atomic mass is 35.5. The Balaban J connectivity index is 1.75. The van der Waals surface area contributed by atoms with Crippen LogP contribution in [0.3, 0.4) is 0 Å². The molecule has 0 saturated heterocycles. The lowest BCUT2D eigenvalue weighted by atomic mass is 9.82. The van der Waals surface area contributed by atoms with Gasteiger partial charge >= 0.3 is 0 Å². The van der Waals surface area contributed by atoms with Gasteiger partial charge in [-0.05, 0) is 55.3 Å². The average Bonchev–Trinajstić information content (AvgIpc) is 3.27. The van der Waals surface area contributed by atoms with Crippen LogP contribution >= 0.6 is 11.6 Å². The minimum Gasteiger partial charge on any atom is -0.295 e. The number of sulfonamides is 1. The number of benzene rings is 4. The Bertz CT molecular complexity index is 1850. The number of aromatic amines is 1. The minimum atomic E-state index is -4.20. The summed E-state index contributed by atoms with van der Waals surface area (Å²) in [5, 5.41) is 3.58. The lowest BCUT2D eigenvalue weighted by Gasteiger charge is -2.27. The molecule has 7 nitrogen and oxygen atoms in total. The van der Waals surface area contributed by atoms with Crippen molar-refractivity contribution in [2.75, 3.05) is 0 Å². The maximum atomic E-state index is 14.2. The topological polar surface area (TPSA) is 101 Å². The van der Waals surface area contributed by atoms with Crippen LogP contribution in [0.5, 0.6) is 0 Å². The van der Waals surface area contributed by atoms with E-state index in [1.54, 1.807) is 98.8 Å². The molecule has 2 atom stereocenters. The van der Waals surface area contributed by atoms with Gasteiger partial charge in [-0.1, -0.05) is 90.5 Å². The summed E-state index contributed by atoms with van der Waals surface area (Å²) in [7, 11) is -4.20. The van der Waals surface area contributed by atoms with E-state index in [1.165, 1.54) is 10.7 Å². The number of ketones is 1. The number of hydrogen-bond donors (Lipinski definition) is 2. The van der Waals surface area contributed by atoms with Crippen LogP contribution in [-0.2, 0) is 10.0 Å². The smallest absolute Gasteiger partial charge is 0.275 e. The second-order valence-electron chi connectivity index (χ2n) is 9.75. The van der Waals surface area contributed by atoms with Crippen LogP contribution < -0.4 is 10.3 Å². The first-order valence-corrected chi connectivity index (χ1v) is 14.8. The molecule has 1 heterocycles. The largest absolute Gasteiger partial charge is 0.295 e. The highest BCUT2D eigenvalue weighted by Gasteiger charge is 2.39. The third kappa shape index (κ3) is 5.81. The fourth-order valence-electron chi connectivity index (χ4n) is 5.02. The Morgan fingerprint density at radius 1 is 0.829 bits per heavy atom. The van der Waals surface area contributed by atoms with Crippen LogP contribution in [0.4, 0.5) is 0 Å². The molecular weight excluding hydrogens is 558 g/mol. The highest BCUT2D eigenvalue weighted by Crippen LogP contribution is 2.32. The first kappa shape index (κ1) is 28.3. The molecule has 0 aliphatic heterocycles. The standard InChI is InChI=1S/C32H28ClN3O4S/c1-21-11-9-10-16-27(21)41(39,40)35-30(31(37)24-12-5-3-6-13-24)29(23-17-19-25(33)20-18-23)28-22(2)34-36(32(28)38)26-14-7-4-8-15-26/h3-20,29-30,34-35H,1-2H3/t29-,30-/m0/s1. The molecule has 5 rings (SSSR count). The summed E-state index contributed by atoms with van der Waals surface area (Å²) < 4.78 is 31.8. The SMILES string of the molecule is Cc1ccccc1S(=O)(=O)N[C@H](C(=O)c1ccccc1)[C@@H](c1ccc(Cl)cc1)c1c(C)[nH]n(-c2ccccc2)c1=O. The van der Waals surface area contributed by atoms with Gasteiger partial charge in [0, 0.05) is 27.8 Å². The van der Waals surface area contributed by atoms with Crippen molar-refractivity contribution in [3.8, 4) is 5.69 Å². The quantitative estimate of drug-likeness (QED) is 0.214. The van der Waals surface area contributed by atoms with Crippen molar-refractivity contribution in [2.24, 2.45) is 0 Å². The molecule has 0 saturated carbocycles. The van der Waals surface area contributed by atoms with Gasteiger partial charge in [0.25, 0.3) is 5.56 Å². The predicted molar refractivity (Wildman–Crippen MR) is 160 cm³/mol. The fourth-order valence-corrected chi connectivity index (χ4v) is 6.60. The Hall–Kier alpha value is -4.24. The summed E-state index contributed by atoms with van der Waals surface area (Å²) in [5.41, 5.74) is 2.36. The van der Waals surface area contributed by atoms with Crippen LogP contribution in [0.25, 0.3) is 5.69 Å². The average molecular weight is 586 g/mol. The Morgan fingerprint density at radius 3 is 2.05 bits per heavy atom. The maximum Gasteiger partial charge on any atom is 0.275 e. The number of carbonyl (C=O) groups is 1. The summed E-state index contributed by atoms with van der Waals surface area (Å²) >= 11 is 6.20. The molecule has 0 bridgehead atoms. The number of carbonyl (C=O) groups excluding carboxylic acids is 1. The molecule has 0 fully saturated rings. The lowest BCUT2D eigenvalue weighted by molar-refractivity contribution is 0.0945. The van der Waals surface area contributed by atoms with Crippen LogP contribution in [0, 0.1) is 13.8 Å². The van der Waals surface area contributed by atoms with Crippen LogP contribution in [-0.4, -0.2) is 30.0 Å². The molecule has 0 spiro atoms. The summed E-state index contributed by atoms with van der Waals surface area (Å²) in [6, 6.07) is 29.4. The Kier molecular flexibility index (Phi) is 8.08. The van der Waals surface area contributed by atoms with E-state index in [2.05, 4.69) is 9.82 Å². The van der Waals surface area contributed by atoms with Gasteiger partial charge in [0.2, 0.25) is 10.0 Å². The van der Waals surface area contributed by atoms with Gasteiger partial charge < -0.3 is 0 Å². The molecule has 208 valence electrons. The fraction of sp³-hybridized carbons (Fsp3) is 0.125. The van der Waals surface area contributed by atoms with E-state index in [4.69, 9.17) is 11.6 Å². The number of nitrogens with one attached hydrogen (secondary N) is 2. The molecule has 2 N–H and O–H groups in total. The number of para-hydroxylation sites is 1. The van der Waals surface area contributed by atoms with Crippen molar-refractivity contribution in [1.29, 1.82) is 0 Å². The van der Waals surface area contributed by atoms with Crippen LogP contribution in [0.2, 0.25) is 5.02 Å². The van der Waals surface area contributed by atoms with Crippen LogP contribution in [0.15, 0.2) is 119 Å². The third-order valence-corrected chi connectivity index (χ3v) is 8.86. The van der Waals surface area contributed by atoms with Gasteiger partial charge in [-0.2, -0.15) is 4.72 Å². The zero-order valence-electron chi connectivity index (χ0n) is 22.4. The molecule has 5 aromatic rings. The number of nitrogens with zero attached hydrogens (tertiary/aromatic N) is 1. The summed E-state index contributed by atoms with van der Waals surface area (Å²) in [4.78, 5) is 28.3. The van der Waals surface area contributed by atoms with Crippen molar-refractivity contribution < 1.29 is 13.2 Å². The van der Waals surface area contributed by atoms with E-state index in [-0.39, 0.29) is 10.5 Å². The number of rotatable bonds is 9. The first-order chi connectivity index (χ1) is 19.7. The number of aryl methyl sites for hydroxylation is 2. The van der Waals surface area contributed by atoms with Gasteiger partial charge in [-0.25, -0.2) is 13.1 Å². The Labute approximate surface area is 243 Å². The normalized spacial score (nSPS) is 13.0. The zero-order valence-corrected chi connectivity index (χ0v) is 24.0. The molecule has 4 aromatic carbocycles. The van der Waals surface area contributed by atoms with E-state index in [1.807, 2.05) is 18.2 Å². The van der Waals surface area contributed by atoms with Gasteiger partial charge in [0.05, 0.1) is 16.6 Å². The summed E-state index contributed by atoms with van der Waals surface area (Å²) in [5.74, 6) is -1.47. The molecule has 0 radical (unpaired) electrons. The molecule has 1 aromatic heterocycles. The third-order valence-electron chi connectivity index (χ3n) is 7.01. The number of halogens is 1. The van der Waals surface area contributed by atoms with E-state index >= 15 is 0 Å². The second kappa shape index (κ2) is 11.7. The molecule has 0 aliphatic carbocycles. The number of hydrogen-bond acceptors (Lipinski definition) is 4. The number of H-pyrrole nitrogens is 1. The van der Waals surface area contributed by atoms with Crippen molar-refractivity contribution in [2.45, 2.75) is 30.7 Å². The molecule has 41 heavy (non-hydrogen) atoms. The monoisotopic (exact) mass is 585 g/mol. The summed E-state index contributed by atoms with van der Waals surface area (Å²) in [6.45, 7) is 3.42. The van der Waals surface area contributed by atoms with Gasteiger partial charge in [-0.15, -0.1) is 0 Å². The summed E-state index contributed by atoms with van der Waals surface area (Å²) in [6.07, 6.45) is 0. The second-order valence-corrected chi connectivity index (χ2v) is 11.9. The number of aromatic nitrogens is 2. The predicted octanol–water partition coefficient (Wildman–Crippen LogP) is 5.80. The molecule has 0 amide bonds. The lowest BCUT2D eigenvalue weighted by Crippen LogP contribution is -2.46. The highest BCUT2D eigenvalue weighted by molar-refractivity contribution is 7.89. The molecule has 9 heteroatoms. The number of Topliss-reactive ketones (excluding diaryl/α,β-unsaturated/α-hetero) is 1. The molecular formula is C32H28ClN3O4S. The van der Waals surface area contributed by atoms with Crippen LogP contribution in [0.1, 0.15) is 38.7 Å². The van der Waals surface area contributed by atoms with E-state index < -0.39 is 33.3 Å². The van der Waals surface area contributed by atoms with Crippen molar-refractivity contribution in [3.05, 3.63) is 153 Å². The van der Waals surface area contributed by atoms with E-state index in [0.29, 0.717) is 33.1 Å². The Morgan fingerprint density at radius 2 is 1.41 bits per heavy atom. The van der Waals surface area contributed by atoms with E-state index in [0.717, 1.165) is 0 Å². The zero-order chi connectivity index (χ0) is 29.1. The first-order valence-electron chi connectivity index (χ1n) is 13.0. The maximum absolute atomic E-state index is 14.2. The minimum absolute atomic E-state index is 0.0493. The van der Waals surface area contributed by atoms with Gasteiger partial charge in [-0.3, -0.25) is 14.7 Å². The van der Waals surface area contributed by atoms with Crippen molar-refractivity contribution in [3.63, 3.8) is 0 Å². The van der Waals surface area contributed by atoms with E-state index in [9.17, 15) is 18.0 Å². The van der Waals surface area contributed by atoms with Gasteiger partial charge in [0.15, 0.2) is 5.78 Å². The van der Waals surface area contributed by atoms with Gasteiger partial charge in [0.1, 0.15) is 0 Å². The van der Waals surface area contributed by atoms with Crippen molar-refractivity contribution >= 4 is 27.4 Å². The van der Waals surface area contributed by atoms with Crippen molar-refractivity contribution in [1.82, 2.24) is 14.5 Å². The molecule has 0 unspecified atom stereocenters. The molecule has 0 aliphatic rings.